The predicted octanol–water partition coefficient (Wildman–Crippen LogP) is -1.40. The molecule has 0 fully saturated rings. The minimum absolute atomic E-state index is 0.0588. The quantitative estimate of drug-likeness (QED) is 0.461. The molecule has 0 aliphatic carbocycles. The summed E-state index contributed by atoms with van der Waals surface area (Å²) >= 11 is 0. The summed E-state index contributed by atoms with van der Waals surface area (Å²) in [6.07, 6.45) is 0.527. The lowest BCUT2D eigenvalue weighted by Gasteiger charge is -2.17. The summed E-state index contributed by atoms with van der Waals surface area (Å²) in [5.41, 5.74) is -1.87. The van der Waals surface area contributed by atoms with Crippen LogP contribution in [0.2, 0.25) is 0 Å². The molecule has 14 heavy (non-hydrogen) atoms. The molecule has 0 radical (unpaired) electrons. The molecule has 0 amide bonds. The van der Waals surface area contributed by atoms with Gasteiger partial charge in [0, 0.05) is 6.04 Å². The number of hydrogen-bond donors (Lipinski definition) is 3. The second-order valence-electron chi connectivity index (χ2n) is 2.98. The molecule has 0 saturated carbocycles. The van der Waals surface area contributed by atoms with Crippen LogP contribution in [0.5, 0.6) is 0 Å². The van der Waals surface area contributed by atoms with Crippen molar-refractivity contribution in [3.05, 3.63) is 0 Å². The third-order valence-corrected chi connectivity index (χ3v) is 2.77. The standard InChI is InChI=1S/C7H17NO5S/c1-2-6(5-9)8-4-3-7(10)14(11,12)13/h6-10H,2-5H2,1H3,(H,11,12,13)/p-1. The molecule has 0 aromatic carbocycles. The second kappa shape index (κ2) is 6.31. The summed E-state index contributed by atoms with van der Waals surface area (Å²) in [4.78, 5) is 0. The third kappa shape index (κ3) is 5.51. The fourth-order valence-corrected chi connectivity index (χ4v) is 1.30. The van der Waals surface area contributed by atoms with Gasteiger partial charge in [-0.1, -0.05) is 6.92 Å². The molecule has 86 valence electrons. The van der Waals surface area contributed by atoms with Gasteiger partial charge in [-0.25, -0.2) is 8.42 Å². The lowest BCUT2D eigenvalue weighted by atomic mass is 10.2. The number of rotatable bonds is 7. The Bertz CT molecular complexity index is 236. The van der Waals surface area contributed by atoms with Crippen molar-refractivity contribution in [3.63, 3.8) is 0 Å². The molecule has 0 bridgehead atoms. The average molecular weight is 226 g/mol. The van der Waals surface area contributed by atoms with Crippen LogP contribution in [0.4, 0.5) is 0 Å². The van der Waals surface area contributed by atoms with E-state index in [9.17, 15) is 13.0 Å². The lowest BCUT2D eigenvalue weighted by Crippen LogP contribution is -2.35. The summed E-state index contributed by atoms with van der Waals surface area (Å²) in [5, 5.41) is 20.4. The Morgan fingerprint density at radius 3 is 2.43 bits per heavy atom. The van der Waals surface area contributed by atoms with Gasteiger partial charge in [-0.2, -0.15) is 0 Å². The Hall–Kier alpha value is -0.210. The van der Waals surface area contributed by atoms with Crippen molar-refractivity contribution in [1.82, 2.24) is 5.32 Å². The largest absolute Gasteiger partial charge is 0.746 e. The van der Waals surface area contributed by atoms with Crippen molar-refractivity contribution in [2.45, 2.75) is 31.2 Å². The van der Waals surface area contributed by atoms with Crippen molar-refractivity contribution in [2.24, 2.45) is 0 Å². The highest BCUT2D eigenvalue weighted by molar-refractivity contribution is 7.86. The van der Waals surface area contributed by atoms with Crippen LogP contribution in [-0.2, 0) is 10.1 Å². The van der Waals surface area contributed by atoms with Gasteiger partial charge in [-0.15, -0.1) is 0 Å². The van der Waals surface area contributed by atoms with Crippen LogP contribution < -0.4 is 5.32 Å². The first-order valence-corrected chi connectivity index (χ1v) is 5.86. The van der Waals surface area contributed by atoms with Crippen molar-refractivity contribution in [3.8, 4) is 0 Å². The number of nitrogens with one attached hydrogen (secondary N) is 1. The van der Waals surface area contributed by atoms with Gasteiger partial charge in [-0.05, 0) is 19.4 Å². The fraction of sp³-hybridized carbons (Fsp3) is 1.00. The zero-order chi connectivity index (χ0) is 11.2. The molecule has 7 heteroatoms. The lowest BCUT2D eigenvalue weighted by molar-refractivity contribution is 0.206. The number of aliphatic hydroxyl groups is 2. The SMILES string of the molecule is CCC(CO)NCCC(O)S(=O)(=O)[O-]. The summed E-state index contributed by atoms with van der Waals surface area (Å²) < 4.78 is 30.8. The minimum atomic E-state index is -4.61. The fourth-order valence-electron chi connectivity index (χ4n) is 0.893. The van der Waals surface area contributed by atoms with Gasteiger partial charge in [-0.3, -0.25) is 0 Å². The van der Waals surface area contributed by atoms with Gasteiger partial charge in [0.2, 0.25) is 0 Å². The van der Waals surface area contributed by atoms with E-state index in [4.69, 9.17) is 10.2 Å². The molecule has 0 heterocycles. The molecule has 0 rings (SSSR count). The highest BCUT2D eigenvalue weighted by atomic mass is 32.2. The zero-order valence-electron chi connectivity index (χ0n) is 8.01. The molecule has 0 aliphatic heterocycles. The summed E-state index contributed by atoms with van der Waals surface area (Å²) in [6, 6.07) is -0.128. The van der Waals surface area contributed by atoms with E-state index in [1.165, 1.54) is 0 Å². The van der Waals surface area contributed by atoms with Gasteiger partial charge >= 0.3 is 0 Å². The Kier molecular flexibility index (Phi) is 6.21. The van der Waals surface area contributed by atoms with Crippen LogP contribution >= 0.6 is 0 Å². The molecule has 0 aromatic rings. The topological polar surface area (TPSA) is 110 Å². The van der Waals surface area contributed by atoms with Gasteiger partial charge in [0.15, 0.2) is 0 Å². The number of aliphatic hydroxyl groups excluding tert-OH is 2. The Morgan fingerprint density at radius 1 is 1.50 bits per heavy atom. The monoisotopic (exact) mass is 226 g/mol. The van der Waals surface area contributed by atoms with Crippen molar-refractivity contribution < 1.29 is 23.2 Å². The molecule has 2 atom stereocenters. The van der Waals surface area contributed by atoms with Crippen LogP contribution in [0, 0.1) is 0 Å². The highest BCUT2D eigenvalue weighted by Gasteiger charge is 2.12. The normalized spacial score (nSPS) is 16.6. The molecular formula is C7H16NO5S-. The zero-order valence-corrected chi connectivity index (χ0v) is 8.83. The molecule has 0 aliphatic rings. The van der Waals surface area contributed by atoms with E-state index >= 15 is 0 Å². The molecule has 3 N–H and O–H groups in total. The van der Waals surface area contributed by atoms with Gasteiger partial charge < -0.3 is 20.1 Å². The van der Waals surface area contributed by atoms with Gasteiger partial charge in [0.05, 0.1) is 6.61 Å². The van der Waals surface area contributed by atoms with Crippen LogP contribution in [0.15, 0.2) is 0 Å². The second-order valence-corrected chi connectivity index (χ2v) is 4.51. The smallest absolute Gasteiger partial charge is 0.144 e. The maximum Gasteiger partial charge on any atom is 0.144 e. The molecule has 0 spiro atoms. The first-order valence-electron chi connectivity index (χ1n) is 4.38. The summed E-state index contributed by atoms with van der Waals surface area (Å²) in [5.74, 6) is 0. The molecule has 2 unspecified atom stereocenters. The van der Waals surface area contributed by atoms with Crippen molar-refractivity contribution >= 4 is 10.1 Å². The minimum Gasteiger partial charge on any atom is -0.746 e. The van der Waals surface area contributed by atoms with E-state index in [1.807, 2.05) is 6.92 Å². The van der Waals surface area contributed by atoms with Crippen LogP contribution in [-0.4, -0.2) is 47.8 Å². The van der Waals surface area contributed by atoms with Crippen molar-refractivity contribution in [1.29, 1.82) is 0 Å². The molecule has 6 nitrogen and oxygen atoms in total. The van der Waals surface area contributed by atoms with Crippen LogP contribution in [0.25, 0.3) is 0 Å². The maximum atomic E-state index is 10.3. The Balaban J connectivity index is 3.74. The van der Waals surface area contributed by atoms with E-state index in [0.29, 0.717) is 6.42 Å². The Labute approximate surface area is 83.7 Å². The average Bonchev–Trinajstić information content (AvgIpc) is 2.10. The first kappa shape index (κ1) is 13.8. The van der Waals surface area contributed by atoms with E-state index in [2.05, 4.69) is 5.32 Å². The number of hydrogen-bond acceptors (Lipinski definition) is 6. The summed E-state index contributed by atoms with van der Waals surface area (Å²) in [6.45, 7) is 1.98. The van der Waals surface area contributed by atoms with Crippen molar-refractivity contribution in [2.75, 3.05) is 13.2 Å². The molecule has 0 saturated heterocycles. The predicted molar refractivity (Wildman–Crippen MR) is 49.5 cm³/mol. The van der Waals surface area contributed by atoms with Crippen LogP contribution in [0.1, 0.15) is 19.8 Å². The van der Waals surface area contributed by atoms with E-state index < -0.39 is 15.6 Å². The van der Waals surface area contributed by atoms with Gasteiger partial charge in [0.25, 0.3) is 0 Å². The van der Waals surface area contributed by atoms with E-state index in [1.54, 1.807) is 0 Å². The van der Waals surface area contributed by atoms with E-state index in [0.717, 1.165) is 0 Å². The van der Waals surface area contributed by atoms with E-state index in [-0.39, 0.29) is 25.6 Å². The Morgan fingerprint density at radius 2 is 2.07 bits per heavy atom. The van der Waals surface area contributed by atoms with Gasteiger partial charge in [0.1, 0.15) is 15.6 Å². The first-order chi connectivity index (χ1) is 6.41. The maximum absolute atomic E-state index is 10.3. The molecule has 0 aromatic heterocycles. The van der Waals surface area contributed by atoms with Crippen LogP contribution in [0.3, 0.4) is 0 Å². The molecular weight excluding hydrogens is 210 g/mol. The summed E-state index contributed by atoms with van der Waals surface area (Å²) in [7, 11) is -4.61. The third-order valence-electron chi connectivity index (χ3n) is 1.87. The highest BCUT2D eigenvalue weighted by Crippen LogP contribution is 1.99.